The molecule has 0 saturated heterocycles. The molecule has 3 nitrogen and oxygen atoms in total. The predicted octanol–water partition coefficient (Wildman–Crippen LogP) is 2.43. The highest BCUT2D eigenvalue weighted by molar-refractivity contribution is 5.77. The van der Waals surface area contributed by atoms with Gasteiger partial charge in [-0.2, -0.15) is 15.4 Å². The van der Waals surface area contributed by atoms with Crippen molar-refractivity contribution in [3.05, 3.63) is 36.7 Å². The number of nitrogens with one attached hydrogen (secondary N) is 1. The van der Waals surface area contributed by atoms with Gasteiger partial charge in [-0.05, 0) is 25.0 Å². The van der Waals surface area contributed by atoms with Gasteiger partial charge in [0.1, 0.15) is 11.4 Å². The van der Waals surface area contributed by atoms with Crippen molar-refractivity contribution in [1.82, 2.24) is 15.4 Å². The van der Waals surface area contributed by atoms with Gasteiger partial charge in [0.15, 0.2) is 0 Å². The van der Waals surface area contributed by atoms with Crippen molar-refractivity contribution in [1.29, 1.82) is 0 Å². The van der Waals surface area contributed by atoms with Gasteiger partial charge < -0.3 is 0 Å². The second kappa shape index (κ2) is 3.85. The molecule has 0 saturated carbocycles. The molecule has 0 aromatic carbocycles. The number of nitrogens with zero attached hydrogens (tertiary/aromatic N) is 2. The van der Waals surface area contributed by atoms with Crippen LogP contribution in [-0.2, 0) is 0 Å². The number of hydrogen-bond donors (Lipinski definition) is 1. The fourth-order valence-electron chi connectivity index (χ4n) is 1.03. The molecule has 1 heterocycles. The van der Waals surface area contributed by atoms with Crippen LogP contribution in [-0.4, -0.2) is 15.4 Å². The molecule has 1 rings (SSSR count). The quantitative estimate of drug-likeness (QED) is 0.717. The van der Waals surface area contributed by atoms with Gasteiger partial charge in [-0.1, -0.05) is 25.3 Å². The monoisotopic (exact) mass is 175 g/mol. The molecule has 1 aromatic heterocycles. The predicted molar refractivity (Wildman–Crippen MR) is 54.9 cm³/mol. The number of allylic oxidation sites excluding steroid dienone is 4. The SMILES string of the molecule is C=C(C)c1n[nH]nc1C(=C)C=CC. The normalized spacial score (nSPS) is 10.6. The largest absolute Gasteiger partial charge is 0.197 e. The lowest BCUT2D eigenvalue weighted by atomic mass is 10.1. The Morgan fingerprint density at radius 1 is 1.31 bits per heavy atom. The molecule has 0 aliphatic carbocycles. The molecule has 0 atom stereocenters. The zero-order valence-electron chi connectivity index (χ0n) is 7.96. The van der Waals surface area contributed by atoms with E-state index in [9.17, 15) is 0 Å². The van der Waals surface area contributed by atoms with Gasteiger partial charge in [0.05, 0.1) is 0 Å². The highest BCUT2D eigenvalue weighted by atomic mass is 15.3. The molecular weight excluding hydrogens is 162 g/mol. The molecule has 1 aromatic rings. The van der Waals surface area contributed by atoms with Crippen LogP contribution in [0.3, 0.4) is 0 Å². The van der Waals surface area contributed by atoms with E-state index in [2.05, 4.69) is 28.6 Å². The lowest BCUT2D eigenvalue weighted by molar-refractivity contribution is 0.932. The van der Waals surface area contributed by atoms with Crippen molar-refractivity contribution in [3.63, 3.8) is 0 Å². The Labute approximate surface area is 77.9 Å². The van der Waals surface area contributed by atoms with Crippen LogP contribution in [0, 0.1) is 0 Å². The first-order valence-electron chi connectivity index (χ1n) is 4.05. The topological polar surface area (TPSA) is 41.6 Å². The summed E-state index contributed by atoms with van der Waals surface area (Å²) in [6.45, 7) is 11.5. The Hall–Kier alpha value is -1.64. The van der Waals surface area contributed by atoms with Crippen molar-refractivity contribution in [3.8, 4) is 0 Å². The van der Waals surface area contributed by atoms with E-state index in [-0.39, 0.29) is 0 Å². The third-order valence-corrected chi connectivity index (χ3v) is 1.62. The van der Waals surface area contributed by atoms with Crippen LogP contribution in [0.5, 0.6) is 0 Å². The number of hydrogen-bond acceptors (Lipinski definition) is 2. The van der Waals surface area contributed by atoms with Crippen molar-refractivity contribution in [2.24, 2.45) is 0 Å². The van der Waals surface area contributed by atoms with E-state index in [1.165, 1.54) is 0 Å². The van der Waals surface area contributed by atoms with Crippen molar-refractivity contribution >= 4 is 11.1 Å². The third kappa shape index (κ3) is 1.93. The number of H-pyrrole nitrogens is 1. The van der Waals surface area contributed by atoms with Gasteiger partial charge in [-0.25, -0.2) is 0 Å². The average Bonchev–Trinajstić information content (AvgIpc) is 2.52. The number of aromatic amines is 1. The van der Waals surface area contributed by atoms with Gasteiger partial charge in [-0.3, -0.25) is 0 Å². The number of rotatable bonds is 3. The van der Waals surface area contributed by atoms with Crippen LogP contribution in [0.1, 0.15) is 25.2 Å². The molecule has 0 spiro atoms. The fourth-order valence-corrected chi connectivity index (χ4v) is 1.03. The Bertz CT molecular complexity index is 358. The third-order valence-electron chi connectivity index (χ3n) is 1.62. The first-order chi connectivity index (χ1) is 6.16. The van der Waals surface area contributed by atoms with Gasteiger partial charge in [-0.15, -0.1) is 0 Å². The summed E-state index contributed by atoms with van der Waals surface area (Å²) in [4.78, 5) is 0. The second-order valence-electron chi connectivity index (χ2n) is 2.83. The molecule has 0 amide bonds. The molecule has 0 aliphatic rings. The summed E-state index contributed by atoms with van der Waals surface area (Å²) in [6, 6.07) is 0. The van der Waals surface area contributed by atoms with Gasteiger partial charge in [0.2, 0.25) is 0 Å². The van der Waals surface area contributed by atoms with Crippen LogP contribution in [0.2, 0.25) is 0 Å². The fraction of sp³-hybridized carbons (Fsp3) is 0.200. The minimum atomic E-state index is 0.769. The van der Waals surface area contributed by atoms with Gasteiger partial charge >= 0.3 is 0 Å². The molecule has 68 valence electrons. The van der Waals surface area contributed by atoms with Gasteiger partial charge in [0, 0.05) is 0 Å². The smallest absolute Gasteiger partial charge is 0.119 e. The molecule has 1 N–H and O–H groups in total. The Kier molecular flexibility index (Phi) is 2.80. The Balaban J connectivity index is 3.07. The highest BCUT2D eigenvalue weighted by Crippen LogP contribution is 2.19. The van der Waals surface area contributed by atoms with Crippen molar-refractivity contribution < 1.29 is 0 Å². The average molecular weight is 175 g/mol. The summed E-state index contributed by atoms with van der Waals surface area (Å²) >= 11 is 0. The summed E-state index contributed by atoms with van der Waals surface area (Å²) in [6.07, 6.45) is 3.81. The number of aromatic nitrogens is 3. The first-order valence-corrected chi connectivity index (χ1v) is 4.05. The van der Waals surface area contributed by atoms with Crippen LogP contribution in [0.15, 0.2) is 25.3 Å². The maximum absolute atomic E-state index is 4.01. The molecule has 0 unspecified atom stereocenters. The second-order valence-corrected chi connectivity index (χ2v) is 2.83. The zero-order valence-corrected chi connectivity index (χ0v) is 7.96. The molecule has 0 bridgehead atoms. The molecular formula is C10H13N3. The summed E-state index contributed by atoms with van der Waals surface area (Å²) < 4.78 is 0. The van der Waals surface area contributed by atoms with E-state index in [0.717, 1.165) is 22.5 Å². The summed E-state index contributed by atoms with van der Waals surface area (Å²) in [5.41, 5.74) is 3.28. The van der Waals surface area contributed by atoms with E-state index in [1.807, 2.05) is 26.0 Å². The van der Waals surface area contributed by atoms with Crippen LogP contribution < -0.4 is 0 Å². The van der Waals surface area contributed by atoms with Crippen LogP contribution in [0.4, 0.5) is 0 Å². The molecule has 0 aliphatic heterocycles. The minimum Gasteiger partial charge on any atom is -0.197 e. The molecule has 0 radical (unpaired) electrons. The summed E-state index contributed by atoms with van der Waals surface area (Å²) in [7, 11) is 0. The molecule has 3 heteroatoms. The summed E-state index contributed by atoms with van der Waals surface area (Å²) in [5.74, 6) is 0. The molecule has 0 fully saturated rings. The Morgan fingerprint density at radius 2 is 1.92 bits per heavy atom. The molecule has 13 heavy (non-hydrogen) atoms. The van der Waals surface area contributed by atoms with Crippen molar-refractivity contribution in [2.75, 3.05) is 0 Å². The van der Waals surface area contributed by atoms with Gasteiger partial charge in [0.25, 0.3) is 0 Å². The minimum absolute atomic E-state index is 0.769. The standard InChI is InChI=1S/C10H13N3/c1-5-6-8(4)10-9(7(2)3)11-13-12-10/h5-6H,2,4H2,1,3H3,(H,11,12,13). The maximum atomic E-state index is 4.01. The Morgan fingerprint density at radius 3 is 2.46 bits per heavy atom. The lowest BCUT2D eigenvalue weighted by Gasteiger charge is -1.97. The maximum Gasteiger partial charge on any atom is 0.119 e. The zero-order chi connectivity index (χ0) is 9.84. The van der Waals surface area contributed by atoms with Crippen LogP contribution >= 0.6 is 0 Å². The van der Waals surface area contributed by atoms with E-state index >= 15 is 0 Å². The van der Waals surface area contributed by atoms with E-state index in [0.29, 0.717) is 0 Å². The van der Waals surface area contributed by atoms with E-state index in [4.69, 9.17) is 0 Å². The summed E-state index contributed by atoms with van der Waals surface area (Å²) in [5, 5.41) is 10.6. The van der Waals surface area contributed by atoms with E-state index < -0.39 is 0 Å². The lowest BCUT2D eigenvalue weighted by Crippen LogP contribution is -1.86. The van der Waals surface area contributed by atoms with Crippen molar-refractivity contribution in [2.45, 2.75) is 13.8 Å². The van der Waals surface area contributed by atoms with E-state index in [1.54, 1.807) is 0 Å². The highest BCUT2D eigenvalue weighted by Gasteiger charge is 2.08. The van der Waals surface area contributed by atoms with Crippen LogP contribution in [0.25, 0.3) is 11.1 Å². The first kappa shape index (κ1) is 9.45.